The van der Waals surface area contributed by atoms with Crippen molar-refractivity contribution in [2.45, 2.75) is 40.2 Å². The molecule has 3 aromatic rings. The predicted octanol–water partition coefficient (Wildman–Crippen LogP) is 2.96. The lowest BCUT2D eigenvalue weighted by Crippen LogP contribution is -2.10. The molecule has 0 amide bonds. The van der Waals surface area contributed by atoms with Gasteiger partial charge in [0.2, 0.25) is 0 Å². The number of fused-ring (bicyclic) bond motifs is 1. The second-order valence-corrected chi connectivity index (χ2v) is 7.39. The SMILES string of the molecule is COC(=O)c1sc2nc(C)nc(NCc3nnc(C(C)C)n3C)c2c1C. The minimum atomic E-state index is -0.357. The molecule has 0 aromatic carbocycles. The quantitative estimate of drug-likeness (QED) is 0.686. The molecule has 0 spiro atoms. The van der Waals surface area contributed by atoms with Crippen molar-refractivity contribution in [1.29, 1.82) is 0 Å². The van der Waals surface area contributed by atoms with E-state index in [4.69, 9.17) is 4.74 Å². The number of aryl methyl sites for hydroxylation is 2. The van der Waals surface area contributed by atoms with Crippen LogP contribution in [0.25, 0.3) is 10.2 Å². The zero-order valence-corrected chi connectivity index (χ0v) is 16.6. The first-order chi connectivity index (χ1) is 12.3. The molecule has 0 aliphatic carbocycles. The minimum absolute atomic E-state index is 0.302. The van der Waals surface area contributed by atoms with Gasteiger partial charge in [0, 0.05) is 13.0 Å². The second kappa shape index (κ2) is 6.99. The van der Waals surface area contributed by atoms with Crippen molar-refractivity contribution in [2.75, 3.05) is 12.4 Å². The van der Waals surface area contributed by atoms with Crippen LogP contribution in [0.4, 0.5) is 5.82 Å². The average Bonchev–Trinajstić information content (AvgIpc) is 3.12. The summed E-state index contributed by atoms with van der Waals surface area (Å²) in [5.74, 6) is 3.02. The number of ether oxygens (including phenoxy) is 1. The Morgan fingerprint density at radius 3 is 2.62 bits per heavy atom. The maximum Gasteiger partial charge on any atom is 0.348 e. The zero-order valence-electron chi connectivity index (χ0n) is 15.7. The molecule has 0 radical (unpaired) electrons. The minimum Gasteiger partial charge on any atom is -0.465 e. The second-order valence-electron chi connectivity index (χ2n) is 6.39. The molecule has 0 bridgehead atoms. The molecule has 138 valence electrons. The number of hydrogen-bond acceptors (Lipinski definition) is 8. The molecular weight excluding hydrogens is 352 g/mol. The number of carbonyl (C=O) groups is 1. The number of anilines is 1. The van der Waals surface area contributed by atoms with E-state index in [1.54, 1.807) is 0 Å². The number of hydrogen-bond donors (Lipinski definition) is 1. The van der Waals surface area contributed by atoms with Crippen LogP contribution in [0.15, 0.2) is 0 Å². The Morgan fingerprint density at radius 1 is 1.27 bits per heavy atom. The maximum absolute atomic E-state index is 12.0. The van der Waals surface area contributed by atoms with E-state index in [0.29, 0.717) is 29.0 Å². The molecule has 0 saturated carbocycles. The van der Waals surface area contributed by atoms with Gasteiger partial charge in [-0.3, -0.25) is 0 Å². The molecule has 0 fully saturated rings. The van der Waals surface area contributed by atoms with Crippen molar-refractivity contribution >= 4 is 33.3 Å². The number of rotatable bonds is 5. The van der Waals surface area contributed by atoms with Crippen molar-refractivity contribution in [3.05, 3.63) is 27.9 Å². The molecule has 3 heterocycles. The van der Waals surface area contributed by atoms with Gasteiger partial charge in [0.15, 0.2) is 5.82 Å². The summed E-state index contributed by atoms with van der Waals surface area (Å²) in [5.41, 5.74) is 0.820. The molecule has 3 aromatic heterocycles. The fourth-order valence-electron chi connectivity index (χ4n) is 2.86. The van der Waals surface area contributed by atoms with Gasteiger partial charge in [0.1, 0.15) is 27.2 Å². The fourth-order valence-corrected chi connectivity index (χ4v) is 4.00. The third-order valence-corrected chi connectivity index (χ3v) is 5.37. The van der Waals surface area contributed by atoms with Crippen LogP contribution in [0.2, 0.25) is 0 Å². The van der Waals surface area contributed by atoms with Gasteiger partial charge >= 0.3 is 5.97 Å². The summed E-state index contributed by atoms with van der Waals surface area (Å²) in [6.45, 7) is 8.36. The van der Waals surface area contributed by atoms with Gasteiger partial charge in [-0.15, -0.1) is 21.5 Å². The third-order valence-electron chi connectivity index (χ3n) is 4.20. The number of esters is 1. The summed E-state index contributed by atoms with van der Waals surface area (Å²) >= 11 is 1.32. The maximum atomic E-state index is 12.0. The van der Waals surface area contributed by atoms with Crippen molar-refractivity contribution in [2.24, 2.45) is 7.05 Å². The molecule has 8 nitrogen and oxygen atoms in total. The van der Waals surface area contributed by atoms with E-state index >= 15 is 0 Å². The standard InChI is InChI=1S/C17H22N6O2S/c1-8(2)15-22-21-11(23(15)5)7-18-14-12-9(3)13(17(24)25-6)26-16(12)20-10(4)19-14/h8H,7H2,1-6H3,(H,18,19,20). The Labute approximate surface area is 155 Å². The van der Waals surface area contributed by atoms with Crippen molar-refractivity contribution in [1.82, 2.24) is 24.7 Å². The van der Waals surface area contributed by atoms with Crippen LogP contribution in [-0.4, -0.2) is 37.8 Å². The average molecular weight is 374 g/mol. The Hall–Kier alpha value is -2.55. The van der Waals surface area contributed by atoms with E-state index in [-0.39, 0.29) is 5.97 Å². The molecular formula is C17H22N6O2S. The third kappa shape index (κ3) is 3.14. The highest BCUT2D eigenvalue weighted by atomic mass is 32.1. The summed E-state index contributed by atoms with van der Waals surface area (Å²) < 4.78 is 6.86. The summed E-state index contributed by atoms with van der Waals surface area (Å²) in [6, 6.07) is 0. The molecule has 0 aliphatic rings. The molecule has 3 rings (SSSR count). The van der Waals surface area contributed by atoms with E-state index in [2.05, 4.69) is 39.3 Å². The van der Waals surface area contributed by atoms with E-state index in [9.17, 15) is 4.79 Å². The molecule has 1 N–H and O–H groups in total. The smallest absolute Gasteiger partial charge is 0.348 e. The van der Waals surface area contributed by atoms with Gasteiger partial charge in [-0.1, -0.05) is 13.8 Å². The number of nitrogens with zero attached hydrogens (tertiary/aromatic N) is 5. The van der Waals surface area contributed by atoms with E-state index in [0.717, 1.165) is 27.4 Å². The predicted molar refractivity (Wildman–Crippen MR) is 101 cm³/mol. The van der Waals surface area contributed by atoms with Crippen LogP contribution < -0.4 is 5.32 Å². The normalized spacial score (nSPS) is 11.3. The van der Waals surface area contributed by atoms with Crippen LogP contribution in [0.5, 0.6) is 0 Å². The van der Waals surface area contributed by atoms with Crippen LogP contribution in [0, 0.1) is 13.8 Å². The molecule has 0 atom stereocenters. The first-order valence-corrected chi connectivity index (χ1v) is 9.13. The topological polar surface area (TPSA) is 94.8 Å². The number of aromatic nitrogens is 5. The van der Waals surface area contributed by atoms with Gasteiger partial charge < -0.3 is 14.6 Å². The van der Waals surface area contributed by atoms with E-state index < -0.39 is 0 Å². The van der Waals surface area contributed by atoms with Crippen LogP contribution in [0.1, 0.15) is 52.5 Å². The van der Waals surface area contributed by atoms with Crippen LogP contribution in [0.3, 0.4) is 0 Å². The molecule has 0 unspecified atom stereocenters. The highest BCUT2D eigenvalue weighted by Gasteiger charge is 2.21. The largest absolute Gasteiger partial charge is 0.465 e. The highest BCUT2D eigenvalue weighted by molar-refractivity contribution is 7.20. The molecule has 0 saturated heterocycles. The Balaban J connectivity index is 1.97. The lowest BCUT2D eigenvalue weighted by Gasteiger charge is -2.09. The number of nitrogens with one attached hydrogen (secondary N) is 1. The number of methoxy groups -OCH3 is 1. The van der Waals surface area contributed by atoms with Gasteiger partial charge in [0.25, 0.3) is 0 Å². The Bertz CT molecular complexity index is 975. The molecule has 9 heteroatoms. The van der Waals surface area contributed by atoms with Crippen molar-refractivity contribution < 1.29 is 9.53 Å². The monoisotopic (exact) mass is 374 g/mol. The summed E-state index contributed by atoms with van der Waals surface area (Å²) in [6.07, 6.45) is 0. The number of thiophene rings is 1. The van der Waals surface area contributed by atoms with Crippen molar-refractivity contribution in [3.8, 4) is 0 Å². The van der Waals surface area contributed by atoms with E-state index in [1.807, 2.05) is 25.5 Å². The molecule has 0 aliphatic heterocycles. The fraction of sp³-hybridized carbons (Fsp3) is 0.471. The van der Waals surface area contributed by atoms with Crippen molar-refractivity contribution in [3.63, 3.8) is 0 Å². The van der Waals surface area contributed by atoms with Crippen LogP contribution >= 0.6 is 11.3 Å². The summed E-state index contributed by atoms with van der Waals surface area (Å²) in [4.78, 5) is 22.3. The first kappa shape index (κ1) is 18.2. The lowest BCUT2D eigenvalue weighted by atomic mass is 10.2. The highest BCUT2D eigenvalue weighted by Crippen LogP contribution is 2.34. The van der Waals surface area contributed by atoms with E-state index in [1.165, 1.54) is 18.4 Å². The van der Waals surface area contributed by atoms with Gasteiger partial charge in [-0.25, -0.2) is 14.8 Å². The first-order valence-electron chi connectivity index (χ1n) is 8.31. The Kier molecular flexibility index (Phi) is 4.90. The Morgan fingerprint density at radius 2 is 2.00 bits per heavy atom. The van der Waals surface area contributed by atoms with Crippen LogP contribution in [-0.2, 0) is 18.3 Å². The number of carbonyl (C=O) groups excluding carboxylic acids is 1. The van der Waals surface area contributed by atoms with Gasteiger partial charge in [-0.2, -0.15) is 0 Å². The summed E-state index contributed by atoms with van der Waals surface area (Å²) in [7, 11) is 3.33. The van der Waals surface area contributed by atoms with Gasteiger partial charge in [-0.05, 0) is 19.4 Å². The van der Waals surface area contributed by atoms with Gasteiger partial charge in [0.05, 0.1) is 19.0 Å². The zero-order chi connectivity index (χ0) is 19.0. The lowest BCUT2D eigenvalue weighted by molar-refractivity contribution is 0.0605. The molecule has 26 heavy (non-hydrogen) atoms. The summed E-state index contributed by atoms with van der Waals surface area (Å²) in [5, 5.41) is 12.7.